The van der Waals surface area contributed by atoms with Crippen molar-refractivity contribution in [2.75, 3.05) is 24.7 Å². The van der Waals surface area contributed by atoms with Crippen molar-refractivity contribution >= 4 is 11.6 Å². The van der Waals surface area contributed by atoms with E-state index in [0.717, 1.165) is 112 Å². The van der Waals surface area contributed by atoms with Gasteiger partial charge >= 0.3 is 0 Å². The van der Waals surface area contributed by atoms with Gasteiger partial charge in [-0.1, -0.05) is 17.3 Å². The maximum atomic E-state index is 14.1. The van der Waals surface area contributed by atoms with Crippen molar-refractivity contribution in [2.24, 2.45) is 17.8 Å². The summed E-state index contributed by atoms with van der Waals surface area (Å²) < 4.78 is 17.8. The average molecular weight is 557 g/mol. The smallest absolute Gasteiger partial charge is 0.232 e. The lowest BCUT2D eigenvalue weighted by Gasteiger charge is -2.36. The number of hydrogen-bond donors (Lipinski definition) is 0. The molecule has 41 heavy (non-hydrogen) atoms. The Morgan fingerprint density at radius 2 is 1.83 bits per heavy atom. The minimum Gasteiger partial charge on any atom is -0.440 e. The summed E-state index contributed by atoms with van der Waals surface area (Å²) in [7, 11) is 0. The molecule has 3 aromatic rings. The first-order valence-corrected chi connectivity index (χ1v) is 15.9. The monoisotopic (exact) mass is 556 g/mol. The summed E-state index contributed by atoms with van der Waals surface area (Å²) in [5.41, 5.74) is 1.92. The molecular weight excluding hydrogens is 516 g/mol. The van der Waals surface area contributed by atoms with Crippen LogP contribution >= 0.6 is 0 Å². The van der Waals surface area contributed by atoms with Gasteiger partial charge in [-0.25, -0.2) is 4.98 Å². The van der Waals surface area contributed by atoms with E-state index in [1.54, 1.807) is 0 Å². The largest absolute Gasteiger partial charge is 0.440 e. The molecule has 3 heterocycles. The second-order valence-corrected chi connectivity index (χ2v) is 13.4. The maximum absolute atomic E-state index is 14.1. The Morgan fingerprint density at radius 3 is 2.61 bits per heavy atom. The molecule has 1 amide bonds. The van der Waals surface area contributed by atoms with Gasteiger partial charge in [-0.05, 0) is 101 Å². The molecule has 2 unspecified atom stereocenters. The first-order valence-electron chi connectivity index (χ1n) is 15.9. The van der Waals surface area contributed by atoms with E-state index in [-0.39, 0.29) is 17.2 Å². The molecule has 0 spiro atoms. The molecule has 8 nitrogen and oxygen atoms in total. The fraction of sp³-hybridized carbons (Fsp3) is 0.636. The molecule has 0 N–H and O–H groups in total. The third kappa shape index (κ3) is 5.02. The SMILES string of the molecule is O=C(C1CCCOC1)N(CC1CCC2(c3nc(C4CC4)no3)CCC1CC2)c1cccc(-c2cnc(C3CC3)o2)c1. The average Bonchev–Trinajstić information content (AvgIpc) is 3.97. The minimum atomic E-state index is -0.0909. The fourth-order valence-electron chi connectivity index (χ4n) is 7.61. The summed E-state index contributed by atoms with van der Waals surface area (Å²) in [4.78, 5) is 25.7. The Labute approximate surface area is 241 Å². The highest BCUT2D eigenvalue weighted by atomic mass is 16.5. The van der Waals surface area contributed by atoms with Gasteiger partial charge in [0.05, 0.1) is 18.7 Å². The molecule has 1 aliphatic heterocycles. The molecule has 6 aliphatic rings. The highest BCUT2D eigenvalue weighted by Gasteiger charge is 2.47. The summed E-state index contributed by atoms with van der Waals surface area (Å²) in [5, 5.41) is 4.36. The van der Waals surface area contributed by atoms with Gasteiger partial charge in [0.2, 0.25) is 11.8 Å². The van der Waals surface area contributed by atoms with Gasteiger partial charge < -0.3 is 18.6 Å². The van der Waals surface area contributed by atoms with E-state index in [9.17, 15) is 4.79 Å². The molecule has 5 aliphatic carbocycles. The van der Waals surface area contributed by atoms with Gasteiger partial charge in [-0.2, -0.15) is 4.98 Å². The number of fused-ring (bicyclic) bond motifs is 4. The van der Waals surface area contributed by atoms with Crippen molar-refractivity contribution in [2.45, 2.75) is 94.3 Å². The predicted molar refractivity (Wildman–Crippen MR) is 152 cm³/mol. The summed E-state index contributed by atoms with van der Waals surface area (Å²) in [5.74, 6) is 5.53. The van der Waals surface area contributed by atoms with Crippen LogP contribution in [0.15, 0.2) is 39.4 Å². The Balaban J connectivity index is 1.06. The number of aromatic nitrogens is 3. The summed E-state index contributed by atoms with van der Waals surface area (Å²) >= 11 is 0. The number of anilines is 1. The van der Waals surface area contributed by atoms with Gasteiger partial charge in [-0.15, -0.1) is 0 Å². The van der Waals surface area contributed by atoms with Crippen LogP contribution in [0.3, 0.4) is 0 Å². The second-order valence-electron chi connectivity index (χ2n) is 13.4. The zero-order valence-corrected chi connectivity index (χ0v) is 23.8. The second kappa shape index (κ2) is 10.4. The molecule has 5 saturated carbocycles. The van der Waals surface area contributed by atoms with Crippen LogP contribution in [0.5, 0.6) is 0 Å². The number of benzene rings is 1. The first-order chi connectivity index (χ1) is 20.1. The topological polar surface area (TPSA) is 94.5 Å². The van der Waals surface area contributed by atoms with Gasteiger partial charge in [-0.3, -0.25) is 4.79 Å². The molecule has 1 aromatic carbocycles. The van der Waals surface area contributed by atoms with Crippen LogP contribution in [0.25, 0.3) is 11.3 Å². The fourth-order valence-corrected chi connectivity index (χ4v) is 7.61. The third-order valence-electron chi connectivity index (χ3n) is 10.6. The number of rotatable bonds is 8. The zero-order chi connectivity index (χ0) is 27.4. The normalized spacial score (nSPS) is 29.8. The summed E-state index contributed by atoms with van der Waals surface area (Å²) in [6.07, 6.45) is 15.0. The number of amides is 1. The minimum absolute atomic E-state index is 0.00288. The number of oxazole rings is 1. The van der Waals surface area contributed by atoms with Gasteiger partial charge in [0, 0.05) is 41.7 Å². The van der Waals surface area contributed by atoms with E-state index >= 15 is 0 Å². The van der Waals surface area contributed by atoms with Gasteiger partial charge in [0.25, 0.3) is 0 Å². The van der Waals surface area contributed by atoms with Crippen molar-refractivity contribution in [3.05, 3.63) is 48.1 Å². The molecule has 2 aromatic heterocycles. The van der Waals surface area contributed by atoms with E-state index < -0.39 is 0 Å². The zero-order valence-electron chi connectivity index (χ0n) is 23.8. The highest BCUT2D eigenvalue weighted by Crippen LogP contribution is 2.52. The van der Waals surface area contributed by atoms with Crippen molar-refractivity contribution in [1.82, 2.24) is 15.1 Å². The van der Waals surface area contributed by atoms with Gasteiger partial charge in [0.15, 0.2) is 17.5 Å². The third-order valence-corrected chi connectivity index (χ3v) is 10.6. The van der Waals surface area contributed by atoms with Crippen LogP contribution in [0.2, 0.25) is 0 Å². The van der Waals surface area contributed by atoms with Crippen LogP contribution in [-0.4, -0.2) is 40.8 Å². The van der Waals surface area contributed by atoms with Crippen LogP contribution in [0, 0.1) is 17.8 Å². The highest BCUT2D eigenvalue weighted by molar-refractivity contribution is 5.95. The Kier molecular flexibility index (Phi) is 6.50. The van der Waals surface area contributed by atoms with Crippen LogP contribution < -0.4 is 4.90 Å². The molecule has 2 atom stereocenters. The predicted octanol–water partition coefficient (Wildman–Crippen LogP) is 6.78. The molecule has 2 bridgehead atoms. The number of nitrogens with zero attached hydrogens (tertiary/aromatic N) is 4. The van der Waals surface area contributed by atoms with Crippen LogP contribution in [-0.2, 0) is 14.9 Å². The van der Waals surface area contributed by atoms with Gasteiger partial charge in [0.1, 0.15) is 0 Å². The number of carbonyl (C=O) groups is 1. The van der Waals surface area contributed by atoms with E-state index in [1.807, 2.05) is 12.3 Å². The van der Waals surface area contributed by atoms with Crippen molar-refractivity contribution in [1.29, 1.82) is 0 Å². The number of hydrogen-bond acceptors (Lipinski definition) is 7. The molecular formula is C33H40N4O4. The van der Waals surface area contributed by atoms with Crippen molar-refractivity contribution in [3.63, 3.8) is 0 Å². The lowest BCUT2D eigenvalue weighted by Crippen LogP contribution is -2.43. The lowest BCUT2D eigenvalue weighted by atomic mass is 9.70. The van der Waals surface area contributed by atoms with Crippen LogP contribution in [0.1, 0.15) is 106 Å². The first kappa shape index (κ1) is 25.7. The Hall–Kier alpha value is -3.00. The van der Waals surface area contributed by atoms with E-state index in [1.165, 1.54) is 12.8 Å². The van der Waals surface area contributed by atoms with Crippen molar-refractivity contribution < 1.29 is 18.5 Å². The number of ether oxygens (including phenoxy) is 1. The molecule has 8 heteroatoms. The Morgan fingerprint density at radius 1 is 1.00 bits per heavy atom. The summed E-state index contributed by atoms with van der Waals surface area (Å²) in [6.45, 7) is 2.00. The standard InChI is InChI=1S/C33H40N4O4/c38-31(26-4-2-16-39-20-26)37(27-5-1-3-24(17-27)28-18-34-30(40-28)23-8-9-23)19-25-12-15-33(13-10-21(25)11-14-33)32-35-29(36-41-32)22-6-7-22/h1,3,5,17-18,21-23,25-26H,2,4,6-16,19-20H2. The van der Waals surface area contributed by atoms with E-state index in [0.29, 0.717) is 30.3 Å². The molecule has 1 saturated heterocycles. The molecule has 9 rings (SSSR count). The summed E-state index contributed by atoms with van der Waals surface area (Å²) in [6, 6.07) is 8.30. The van der Waals surface area contributed by atoms with Crippen molar-refractivity contribution in [3.8, 4) is 11.3 Å². The molecule has 216 valence electrons. The van der Waals surface area contributed by atoms with E-state index in [2.05, 4.69) is 33.2 Å². The molecule has 0 radical (unpaired) electrons. The molecule has 6 fully saturated rings. The van der Waals surface area contributed by atoms with Crippen LogP contribution in [0.4, 0.5) is 5.69 Å². The quantitative estimate of drug-likeness (QED) is 0.302. The lowest BCUT2D eigenvalue weighted by molar-refractivity contribution is -0.126. The maximum Gasteiger partial charge on any atom is 0.232 e. The Bertz CT molecular complexity index is 1390. The number of carbonyl (C=O) groups excluding carboxylic acids is 1. The van der Waals surface area contributed by atoms with E-state index in [4.69, 9.17) is 18.7 Å².